The van der Waals surface area contributed by atoms with E-state index in [4.69, 9.17) is 4.74 Å². The molecule has 3 heterocycles. The zero-order chi connectivity index (χ0) is 22.7. The van der Waals surface area contributed by atoms with E-state index in [0.717, 1.165) is 32.5 Å². The summed E-state index contributed by atoms with van der Waals surface area (Å²) in [4.78, 5) is 45.1. The fourth-order valence-electron chi connectivity index (χ4n) is 5.23. The van der Waals surface area contributed by atoms with Crippen molar-refractivity contribution in [3.05, 3.63) is 29.8 Å². The molecule has 0 bridgehead atoms. The van der Waals surface area contributed by atoms with E-state index in [9.17, 15) is 14.4 Å². The molecule has 1 aromatic rings. The van der Waals surface area contributed by atoms with Crippen molar-refractivity contribution in [1.82, 2.24) is 20.0 Å². The van der Waals surface area contributed by atoms with Crippen LogP contribution in [0.25, 0.3) is 0 Å². The predicted molar refractivity (Wildman–Crippen MR) is 121 cm³/mol. The highest BCUT2D eigenvalue weighted by Crippen LogP contribution is 2.33. The number of urea groups is 1. The van der Waals surface area contributed by atoms with Gasteiger partial charge >= 0.3 is 6.03 Å². The Morgan fingerprint density at radius 2 is 1.91 bits per heavy atom. The number of carbonyl (C=O) groups is 3. The Kier molecular flexibility index (Phi) is 6.69. The van der Waals surface area contributed by atoms with Gasteiger partial charge in [0.05, 0.1) is 18.2 Å². The van der Waals surface area contributed by atoms with E-state index in [-0.39, 0.29) is 23.9 Å². The molecular formula is C24H34N4O4. The number of hydrogen-bond donors (Lipinski definition) is 1. The van der Waals surface area contributed by atoms with Gasteiger partial charge in [0.15, 0.2) is 0 Å². The van der Waals surface area contributed by atoms with E-state index in [1.807, 2.05) is 19.1 Å². The van der Waals surface area contributed by atoms with Crippen LogP contribution in [0.15, 0.2) is 24.3 Å². The summed E-state index contributed by atoms with van der Waals surface area (Å²) in [5.74, 6) is 0.330. The number of amides is 4. The second kappa shape index (κ2) is 9.48. The zero-order valence-electron chi connectivity index (χ0n) is 19.1. The number of ether oxygens (including phenoxy) is 1. The molecule has 3 fully saturated rings. The normalized spacial score (nSPS) is 23.5. The number of hydrogen-bond acceptors (Lipinski definition) is 5. The first-order valence-electron chi connectivity index (χ1n) is 11.9. The van der Waals surface area contributed by atoms with Gasteiger partial charge in [0.2, 0.25) is 0 Å². The van der Waals surface area contributed by atoms with Gasteiger partial charge in [-0.2, -0.15) is 0 Å². The summed E-state index contributed by atoms with van der Waals surface area (Å²) in [7, 11) is 0. The van der Waals surface area contributed by atoms with E-state index in [1.165, 1.54) is 4.90 Å². The number of imide groups is 1. The molecule has 1 unspecified atom stereocenters. The van der Waals surface area contributed by atoms with Crippen LogP contribution in [-0.4, -0.2) is 83.5 Å². The summed E-state index contributed by atoms with van der Waals surface area (Å²) in [6.07, 6.45) is 3.84. The summed E-state index contributed by atoms with van der Waals surface area (Å²) in [5, 5.41) is 3.02. The first kappa shape index (κ1) is 22.6. The molecule has 4 amide bonds. The third kappa shape index (κ3) is 4.20. The van der Waals surface area contributed by atoms with Crippen molar-refractivity contribution in [1.29, 1.82) is 0 Å². The van der Waals surface area contributed by atoms with Gasteiger partial charge in [-0.1, -0.05) is 19.1 Å². The van der Waals surface area contributed by atoms with E-state index in [2.05, 4.69) is 17.1 Å². The molecule has 3 saturated heterocycles. The summed E-state index contributed by atoms with van der Waals surface area (Å²) in [6, 6.07) is 6.62. The van der Waals surface area contributed by atoms with Crippen molar-refractivity contribution in [3.8, 4) is 5.75 Å². The SMILES string of the molecule is CCCN1CCC2(CC1)NC(=O)N(C1CCCN(C(=O)c3ccccc3OCC)C1)C2=O. The Balaban J connectivity index is 1.46. The van der Waals surface area contributed by atoms with Gasteiger partial charge in [-0.05, 0) is 57.7 Å². The summed E-state index contributed by atoms with van der Waals surface area (Å²) >= 11 is 0. The second-order valence-electron chi connectivity index (χ2n) is 9.01. The largest absolute Gasteiger partial charge is 0.493 e. The Bertz CT molecular complexity index is 865. The lowest BCUT2D eigenvalue weighted by molar-refractivity contribution is -0.135. The Labute approximate surface area is 189 Å². The summed E-state index contributed by atoms with van der Waals surface area (Å²) in [6.45, 7) is 8.13. The van der Waals surface area contributed by atoms with Crippen LogP contribution in [0.5, 0.6) is 5.75 Å². The molecule has 0 aromatic heterocycles. The number of likely N-dealkylation sites (tertiary alicyclic amines) is 2. The van der Waals surface area contributed by atoms with Crippen LogP contribution >= 0.6 is 0 Å². The molecule has 3 aliphatic rings. The summed E-state index contributed by atoms with van der Waals surface area (Å²) in [5.41, 5.74) is -0.262. The van der Waals surface area contributed by atoms with Crippen LogP contribution in [0, 0.1) is 0 Å². The fourth-order valence-corrected chi connectivity index (χ4v) is 5.23. The molecule has 4 rings (SSSR count). The molecule has 8 heteroatoms. The molecule has 1 aromatic carbocycles. The fraction of sp³-hybridized carbons (Fsp3) is 0.625. The minimum atomic E-state index is -0.783. The molecule has 3 aliphatic heterocycles. The van der Waals surface area contributed by atoms with Gasteiger partial charge in [0.25, 0.3) is 11.8 Å². The molecule has 174 valence electrons. The van der Waals surface area contributed by atoms with Gasteiger partial charge in [-0.15, -0.1) is 0 Å². The molecule has 0 radical (unpaired) electrons. The number of carbonyl (C=O) groups excluding carboxylic acids is 3. The first-order chi connectivity index (χ1) is 15.5. The van der Waals surface area contributed by atoms with Crippen LogP contribution in [0.2, 0.25) is 0 Å². The standard InChI is InChI=1S/C24H34N4O4/c1-3-13-26-15-11-24(12-16-26)22(30)28(23(31)25-24)18-8-7-14-27(17-18)21(29)19-9-5-6-10-20(19)32-4-2/h5-6,9-10,18H,3-4,7-8,11-17H2,1-2H3,(H,25,31). The number of rotatable bonds is 6. The minimum Gasteiger partial charge on any atom is -0.493 e. The van der Waals surface area contributed by atoms with E-state index >= 15 is 0 Å². The highest BCUT2D eigenvalue weighted by Gasteiger charge is 2.54. The van der Waals surface area contributed by atoms with Gasteiger partial charge in [-0.25, -0.2) is 4.79 Å². The maximum Gasteiger partial charge on any atom is 0.325 e. The average molecular weight is 443 g/mol. The topological polar surface area (TPSA) is 82.2 Å². The van der Waals surface area contributed by atoms with Crippen molar-refractivity contribution in [2.75, 3.05) is 39.3 Å². The number of nitrogens with one attached hydrogen (secondary N) is 1. The lowest BCUT2D eigenvalue weighted by Gasteiger charge is -2.39. The lowest BCUT2D eigenvalue weighted by atomic mass is 9.87. The van der Waals surface area contributed by atoms with E-state index in [1.54, 1.807) is 17.0 Å². The first-order valence-corrected chi connectivity index (χ1v) is 11.9. The molecule has 32 heavy (non-hydrogen) atoms. The molecule has 1 atom stereocenters. The van der Waals surface area contributed by atoms with Gasteiger partial charge in [0, 0.05) is 26.2 Å². The van der Waals surface area contributed by atoms with E-state index < -0.39 is 5.54 Å². The molecular weight excluding hydrogens is 408 g/mol. The van der Waals surface area contributed by atoms with Gasteiger partial charge in [0.1, 0.15) is 11.3 Å². The van der Waals surface area contributed by atoms with Crippen LogP contribution in [0.4, 0.5) is 4.79 Å². The number of para-hydroxylation sites is 1. The Hall–Kier alpha value is -2.61. The minimum absolute atomic E-state index is 0.117. The smallest absolute Gasteiger partial charge is 0.325 e. The second-order valence-corrected chi connectivity index (χ2v) is 9.01. The third-order valence-corrected chi connectivity index (χ3v) is 6.91. The maximum absolute atomic E-state index is 13.4. The highest BCUT2D eigenvalue weighted by atomic mass is 16.5. The van der Waals surface area contributed by atoms with Crippen LogP contribution < -0.4 is 10.1 Å². The summed E-state index contributed by atoms with van der Waals surface area (Å²) < 4.78 is 5.63. The highest BCUT2D eigenvalue weighted by molar-refractivity contribution is 6.07. The van der Waals surface area contributed by atoms with E-state index in [0.29, 0.717) is 50.3 Å². The molecule has 1 spiro atoms. The van der Waals surface area contributed by atoms with Crippen LogP contribution in [0.1, 0.15) is 56.3 Å². The average Bonchev–Trinajstić information content (AvgIpc) is 3.05. The number of piperidine rings is 2. The molecule has 8 nitrogen and oxygen atoms in total. The lowest BCUT2D eigenvalue weighted by Crippen LogP contribution is -2.56. The Morgan fingerprint density at radius 1 is 1.16 bits per heavy atom. The number of nitrogens with zero attached hydrogens (tertiary/aromatic N) is 3. The maximum atomic E-state index is 13.4. The van der Waals surface area contributed by atoms with Crippen LogP contribution in [-0.2, 0) is 4.79 Å². The van der Waals surface area contributed by atoms with Crippen molar-refractivity contribution < 1.29 is 19.1 Å². The third-order valence-electron chi connectivity index (χ3n) is 6.91. The van der Waals surface area contributed by atoms with Crippen molar-refractivity contribution in [3.63, 3.8) is 0 Å². The quantitative estimate of drug-likeness (QED) is 0.685. The number of benzene rings is 1. The van der Waals surface area contributed by atoms with Crippen molar-refractivity contribution in [2.24, 2.45) is 0 Å². The monoisotopic (exact) mass is 442 g/mol. The molecule has 0 saturated carbocycles. The van der Waals surface area contributed by atoms with Crippen molar-refractivity contribution in [2.45, 2.75) is 57.5 Å². The van der Waals surface area contributed by atoms with Crippen molar-refractivity contribution >= 4 is 17.8 Å². The van der Waals surface area contributed by atoms with Crippen LogP contribution in [0.3, 0.4) is 0 Å². The zero-order valence-corrected chi connectivity index (χ0v) is 19.1. The Morgan fingerprint density at radius 3 is 2.62 bits per heavy atom. The predicted octanol–water partition coefficient (Wildman–Crippen LogP) is 2.49. The molecule has 1 N–H and O–H groups in total. The molecule has 0 aliphatic carbocycles. The van der Waals surface area contributed by atoms with Gasteiger partial charge < -0.3 is 19.9 Å². The van der Waals surface area contributed by atoms with Gasteiger partial charge in [-0.3, -0.25) is 14.5 Å².